The lowest BCUT2D eigenvalue weighted by Crippen LogP contribution is -2.22. The van der Waals surface area contributed by atoms with Gasteiger partial charge < -0.3 is 10.1 Å². The summed E-state index contributed by atoms with van der Waals surface area (Å²) in [6.45, 7) is 4.12. The van der Waals surface area contributed by atoms with Crippen molar-refractivity contribution in [2.24, 2.45) is 0 Å². The minimum absolute atomic E-state index is 0.156. The van der Waals surface area contributed by atoms with Crippen LogP contribution in [0.1, 0.15) is 70.3 Å². The third-order valence-corrected chi connectivity index (χ3v) is 5.67. The maximum atomic E-state index is 11.4. The maximum Gasteiger partial charge on any atom is 0.273 e. The number of hydrogen-bond donors (Lipinski definition) is 1. The second-order valence-electron chi connectivity index (χ2n) is 7.60. The number of nitrogens with one attached hydrogen (secondary N) is 1. The quantitative estimate of drug-likeness (QED) is 0.393. The van der Waals surface area contributed by atoms with Crippen molar-refractivity contribution in [3.8, 4) is 11.5 Å². The van der Waals surface area contributed by atoms with Crippen molar-refractivity contribution < 1.29 is 9.66 Å². The van der Waals surface area contributed by atoms with Gasteiger partial charge in [0.1, 0.15) is 11.5 Å². The first-order valence-corrected chi connectivity index (χ1v) is 10.4. The average Bonchev–Trinajstić information content (AvgIpc) is 2.70. The van der Waals surface area contributed by atoms with Crippen molar-refractivity contribution >= 4 is 11.4 Å². The molecule has 0 radical (unpaired) electrons. The second kappa shape index (κ2) is 9.58. The summed E-state index contributed by atoms with van der Waals surface area (Å²) in [5.74, 6) is 1.54. The molecule has 0 spiro atoms. The van der Waals surface area contributed by atoms with Crippen molar-refractivity contribution in [1.29, 1.82) is 0 Å². The molecule has 0 saturated heterocycles. The molecular weight excluding hydrogens is 352 g/mol. The van der Waals surface area contributed by atoms with Crippen molar-refractivity contribution in [2.75, 3.05) is 5.32 Å². The standard InChI is InChI=1S/C23H30N2O3/c1-3-17(4-2)22-16-21(13-14-23(22)25(26)27)28-20-12-8-11-19(15-20)24-18-9-6-5-7-10-18/h8,11-18,24H,3-7,9-10H2,1-2H3. The summed E-state index contributed by atoms with van der Waals surface area (Å²) >= 11 is 0. The van der Waals surface area contributed by atoms with Crippen molar-refractivity contribution in [1.82, 2.24) is 0 Å². The number of hydrogen-bond acceptors (Lipinski definition) is 4. The molecule has 150 valence electrons. The summed E-state index contributed by atoms with van der Waals surface area (Å²) in [5, 5.41) is 15.0. The van der Waals surface area contributed by atoms with Crippen molar-refractivity contribution in [2.45, 2.75) is 70.8 Å². The minimum atomic E-state index is -0.299. The van der Waals surface area contributed by atoms with Gasteiger partial charge >= 0.3 is 0 Å². The molecule has 1 aliphatic rings. The smallest absolute Gasteiger partial charge is 0.273 e. The average molecular weight is 383 g/mol. The molecule has 0 atom stereocenters. The Morgan fingerprint density at radius 1 is 1.07 bits per heavy atom. The van der Waals surface area contributed by atoms with E-state index in [4.69, 9.17) is 4.74 Å². The molecule has 5 nitrogen and oxygen atoms in total. The fraction of sp³-hybridized carbons (Fsp3) is 0.478. The molecule has 5 heteroatoms. The molecule has 2 aromatic carbocycles. The Morgan fingerprint density at radius 3 is 2.46 bits per heavy atom. The van der Waals surface area contributed by atoms with Crippen LogP contribution in [0.25, 0.3) is 0 Å². The third-order valence-electron chi connectivity index (χ3n) is 5.67. The van der Waals surface area contributed by atoms with Gasteiger partial charge in [-0.3, -0.25) is 10.1 Å². The van der Waals surface area contributed by atoms with Crippen LogP contribution >= 0.6 is 0 Å². The monoisotopic (exact) mass is 382 g/mol. The summed E-state index contributed by atoms with van der Waals surface area (Å²) in [6, 6.07) is 13.6. The van der Waals surface area contributed by atoms with Crippen LogP contribution in [0.2, 0.25) is 0 Å². The first-order valence-electron chi connectivity index (χ1n) is 10.4. The second-order valence-corrected chi connectivity index (χ2v) is 7.60. The van der Waals surface area contributed by atoms with Crippen LogP contribution < -0.4 is 10.1 Å². The van der Waals surface area contributed by atoms with Crippen LogP contribution in [0, 0.1) is 10.1 Å². The molecular formula is C23H30N2O3. The highest BCUT2D eigenvalue weighted by atomic mass is 16.6. The van der Waals surface area contributed by atoms with Crippen molar-refractivity contribution in [3.63, 3.8) is 0 Å². The zero-order valence-electron chi connectivity index (χ0n) is 16.8. The molecule has 0 bridgehead atoms. The van der Waals surface area contributed by atoms with Crippen LogP contribution in [0.3, 0.4) is 0 Å². The van der Waals surface area contributed by atoms with Gasteiger partial charge in [0, 0.05) is 29.4 Å². The van der Waals surface area contributed by atoms with Gasteiger partial charge in [-0.25, -0.2) is 0 Å². The predicted molar refractivity (Wildman–Crippen MR) is 113 cm³/mol. The largest absolute Gasteiger partial charge is 0.457 e. The number of ether oxygens (including phenoxy) is 1. The zero-order valence-corrected chi connectivity index (χ0v) is 16.8. The molecule has 1 aliphatic carbocycles. The fourth-order valence-electron chi connectivity index (χ4n) is 4.09. The lowest BCUT2D eigenvalue weighted by atomic mass is 9.92. The summed E-state index contributed by atoms with van der Waals surface area (Å²) in [5.41, 5.74) is 1.99. The van der Waals surface area contributed by atoms with Gasteiger partial charge in [-0.2, -0.15) is 0 Å². The highest BCUT2D eigenvalue weighted by Gasteiger charge is 2.21. The number of rotatable bonds is 8. The van der Waals surface area contributed by atoms with Gasteiger partial charge in [-0.05, 0) is 55.9 Å². The van der Waals surface area contributed by atoms with E-state index in [9.17, 15) is 10.1 Å². The fourth-order valence-corrected chi connectivity index (χ4v) is 4.09. The first kappa shape index (κ1) is 20.2. The van der Waals surface area contributed by atoms with Crippen molar-refractivity contribution in [3.05, 3.63) is 58.1 Å². The van der Waals surface area contributed by atoms with E-state index in [-0.39, 0.29) is 16.5 Å². The Kier molecular flexibility index (Phi) is 6.90. The minimum Gasteiger partial charge on any atom is -0.457 e. The lowest BCUT2D eigenvalue weighted by Gasteiger charge is -2.24. The summed E-state index contributed by atoms with van der Waals surface area (Å²) in [4.78, 5) is 11.1. The van der Waals surface area contributed by atoms with E-state index in [1.165, 1.54) is 32.1 Å². The van der Waals surface area contributed by atoms with E-state index in [1.54, 1.807) is 12.1 Å². The van der Waals surface area contributed by atoms with E-state index in [1.807, 2.05) is 24.3 Å². The topological polar surface area (TPSA) is 64.4 Å². The van der Waals surface area contributed by atoms with Crippen LogP contribution in [-0.2, 0) is 0 Å². The van der Waals surface area contributed by atoms with E-state index in [0.717, 1.165) is 29.8 Å². The Labute approximate surface area is 167 Å². The Hall–Kier alpha value is -2.56. The lowest BCUT2D eigenvalue weighted by molar-refractivity contribution is -0.385. The molecule has 1 fully saturated rings. The number of benzene rings is 2. The van der Waals surface area contributed by atoms with Gasteiger partial charge in [0.25, 0.3) is 5.69 Å². The highest BCUT2D eigenvalue weighted by Crippen LogP contribution is 2.36. The van der Waals surface area contributed by atoms with Crippen LogP contribution in [-0.4, -0.2) is 11.0 Å². The number of anilines is 1. The molecule has 0 amide bonds. The van der Waals surface area contributed by atoms with Gasteiger partial charge in [0.2, 0.25) is 0 Å². The molecule has 0 aromatic heterocycles. The van der Waals surface area contributed by atoms with Gasteiger partial charge in [0.05, 0.1) is 4.92 Å². The molecule has 1 N–H and O–H groups in total. The van der Waals surface area contributed by atoms with E-state index < -0.39 is 0 Å². The third kappa shape index (κ3) is 5.03. The van der Waals surface area contributed by atoms with E-state index in [2.05, 4.69) is 25.2 Å². The first-order chi connectivity index (χ1) is 13.6. The van der Waals surface area contributed by atoms with Crippen LogP contribution in [0.15, 0.2) is 42.5 Å². The molecule has 1 saturated carbocycles. The number of nitro benzene ring substituents is 1. The highest BCUT2D eigenvalue weighted by molar-refractivity contribution is 5.52. The molecule has 0 aliphatic heterocycles. The van der Waals surface area contributed by atoms with Crippen LogP contribution in [0.4, 0.5) is 11.4 Å². The predicted octanol–water partition coefficient (Wildman–Crippen LogP) is 7.04. The zero-order chi connectivity index (χ0) is 19.9. The summed E-state index contributed by atoms with van der Waals surface area (Å²) in [7, 11) is 0. The van der Waals surface area contributed by atoms with E-state index >= 15 is 0 Å². The van der Waals surface area contributed by atoms with Gasteiger partial charge in [0.15, 0.2) is 0 Å². The molecule has 28 heavy (non-hydrogen) atoms. The van der Waals surface area contributed by atoms with E-state index in [0.29, 0.717) is 11.8 Å². The number of nitrogens with zero attached hydrogens (tertiary/aromatic N) is 1. The number of nitro groups is 1. The normalized spacial score (nSPS) is 14.8. The maximum absolute atomic E-state index is 11.4. The molecule has 0 unspecified atom stereocenters. The van der Waals surface area contributed by atoms with Gasteiger partial charge in [-0.1, -0.05) is 39.2 Å². The summed E-state index contributed by atoms with van der Waals surface area (Å²) < 4.78 is 6.06. The van der Waals surface area contributed by atoms with Crippen LogP contribution in [0.5, 0.6) is 11.5 Å². The summed E-state index contributed by atoms with van der Waals surface area (Å²) in [6.07, 6.45) is 8.06. The molecule has 2 aromatic rings. The SMILES string of the molecule is CCC(CC)c1cc(Oc2cccc(NC3CCCCC3)c2)ccc1[N+](=O)[O-]. The Balaban J connectivity index is 1.78. The van der Waals surface area contributed by atoms with Gasteiger partial charge in [-0.15, -0.1) is 0 Å². The molecule has 0 heterocycles. The Morgan fingerprint density at radius 2 is 1.79 bits per heavy atom. The Bertz CT molecular complexity index is 796. The molecule has 3 rings (SSSR count).